The summed E-state index contributed by atoms with van der Waals surface area (Å²) in [6, 6.07) is 184. The van der Waals surface area contributed by atoms with E-state index in [2.05, 4.69) is 530 Å². The van der Waals surface area contributed by atoms with Crippen molar-refractivity contribution >= 4 is 205 Å². The molecule has 0 spiro atoms. The van der Waals surface area contributed by atoms with Crippen LogP contribution < -0.4 is 9.80 Å². The maximum absolute atomic E-state index is 2.46. The Kier molecular flexibility index (Phi) is 19.1. The van der Waals surface area contributed by atoms with Gasteiger partial charge < -0.3 is 18.9 Å². The lowest BCUT2D eigenvalue weighted by Crippen LogP contribution is -2.14. The normalized spacial score (nSPS) is 12.4. The van der Waals surface area contributed by atoms with E-state index in [0.29, 0.717) is 0 Å². The quantitative estimate of drug-likeness (QED) is 0.107. The van der Waals surface area contributed by atoms with E-state index in [4.69, 9.17) is 0 Å². The first-order valence-electron chi connectivity index (χ1n) is 48.6. The van der Waals surface area contributed by atoms with Gasteiger partial charge in [-0.2, -0.15) is 0 Å². The van der Waals surface area contributed by atoms with Gasteiger partial charge in [0.15, 0.2) is 0 Å². The first kappa shape index (κ1) is 81.8. The number of benzene rings is 24. The molecule has 0 atom stereocenters. The number of anilines is 6. The van der Waals surface area contributed by atoms with E-state index >= 15 is 0 Å². The summed E-state index contributed by atoms with van der Waals surface area (Å²) in [4.78, 5) is 4.91. The van der Waals surface area contributed by atoms with Gasteiger partial charge in [0.1, 0.15) is 0 Å². The predicted octanol–water partition coefficient (Wildman–Crippen LogP) is 38.8. The topological polar surface area (TPSA) is 16.3 Å². The molecule has 4 nitrogen and oxygen atoms in total. The molecule has 0 bridgehead atoms. The van der Waals surface area contributed by atoms with Crippen LogP contribution in [0.5, 0.6) is 0 Å². The molecule has 6 heteroatoms. The third-order valence-electron chi connectivity index (χ3n) is 30.0. The molecule has 0 saturated heterocycles. The van der Waals surface area contributed by atoms with Crippen molar-refractivity contribution in [2.75, 3.05) is 9.80 Å². The second-order valence-electron chi connectivity index (χ2n) is 38.1. The van der Waals surface area contributed by atoms with Crippen LogP contribution in [0.3, 0.4) is 0 Å². The Labute approximate surface area is 823 Å². The van der Waals surface area contributed by atoms with Gasteiger partial charge in [-0.25, -0.2) is 0 Å². The maximum Gasteiger partial charge on any atom is 0.0640 e. The summed E-state index contributed by atoms with van der Waals surface area (Å²) >= 11 is 3.73. The summed E-state index contributed by atoms with van der Waals surface area (Å²) in [6.45, 7) is 4.73. The summed E-state index contributed by atoms with van der Waals surface area (Å²) in [6.07, 6.45) is 0. The summed E-state index contributed by atoms with van der Waals surface area (Å²) in [5.41, 5.74) is 31.2. The Balaban J connectivity index is 0.000000141. The van der Waals surface area contributed by atoms with E-state index in [0.717, 1.165) is 39.8 Å². The molecule has 1 aliphatic carbocycles. The first-order valence-corrected chi connectivity index (χ1v) is 50.3. The molecule has 0 saturated carbocycles. The number of rotatable bonds is 13. The molecule has 660 valence electrons. The fourth-order valence-corrected chi connectivity index (χ4v) is 25.4. The minimum atomic E-state index is -0.0817. The van der Waals surface area contributed by atoms with Crippen molar-refractivity contribution in [3.8, 4) is 78.1 Å². The van der Waals surface area contributed by atoms with Gasteiger partial charge in [-0.15, -0.1) is 22.7 Å². The zero-order valence-electron chi connectivity index (χ0n) is 77.4. The molecule has 0 N–H and O–H groups in total. The number of hydrogen-bond acceptors (Lipinski definition) is 4. The number of fused-ring (bicyclic) bond motifs is 27. The van der Waals surface area contributed by atoms with Crippen molar-refractivity contribution in [3.63, 3.8) is 0 Å². The van der Waals surface area contributed by atoms with Crippen LogP contribution in [0.4, 0.5) is 34.1 Å². The van der Waals surface area contributed by atoms with E-state index < -0.39 is 0 Å². The largest absolute Gasteiger partial charge is 0.310 e. The molecule has 0 amide bonds. The third-order valence-corrected chi connectivity index (χ3v) is 32.3. The Bertz CT molecular complexity index is 9890. The highest BCUT2D eigenvalue weighted by Crippen LogP contribution is 2.53. The number of hydrogen-bond donors (Lipinski definition) is 0. The van der Waals surface area contributed by atoms with Gasteiger partial charge in [-0.05, 0) is 300 Å². The molecule has 1 aliphatic rings. The molecular formula is C135H88N4S2. The smallest absolute Gasteiger partial charge is 0.0640 e. The Morgan fingerprint density at radius 2 is 0.496 bits per heavy atom. The van der Waals surface area contributed by atoms with Gasteiger partial charge in [0.25, 0.3) is 0 Å². The number of thiophene rings is 2. The molecular weight excluding hydrogens is 1740 g/mol. The highest BCUT2D eigenvalue weighted by molar-refractivity contribution is 7.26. The molecule has 0 radical (unpaired) electrons. The van der Waals surface area contributed by atoms with Crippen LogP contribution in [-0.4, -0.2) is 9.13 Å². The highest BCUT2D eigenvalue weighted by atomic mass is 32.1. The van der Waals surface area contributed by atoms with E-state index in [9.17, 15) is 0 Å². The molecule has 24 aromatic carbocycles. The number of nitrogens with zero attached hydrogens (tertiary/aromatic N) is 4. The van der Waals surface area contributed by atoms with Gasteiger partial charge in [0, 0.05) is 102 Å². The van der Waals surface area contributed by atoms with Gasteiger partial charge in [0.05, 0.1) is 32.5 Å². The van der Waals surface area contributed by atoms with E-state index in [1.54, 1.807) is 0 Å². The van der Waals surface area contributed by atoms with Gasteiger partial charge in [-0.3, -0.25) is 0 Å². The maximum atomic E-state index is 2.46. The second kappa shape index (κ2) is 32.9. The van der Waals surface area contributed by atoms with Crippen molar-refractivity contribution in [1.29, 1.82) is 0 Å². The van der Waals surface area contributed by atoms with Crippen LogP contribution in [0.2, 0.25) is 0 Å². The number of aromatic nitrogens is 2. The zero-order chi connectivity index (χ0) is 93.1. The van der Waals surface area contributed by atoms with Crippen LogP contribution in [0.15, 0.2) is 497 Å². The molecule has 0 aliphatic heterocycles. The molecule has 0 unspecified atom stereocenters. The van der Waals surface area contributed by atoms with Crippen LogP contribution in [0.25, 0.3) is 227 Å². The summed E-state index contributed by atoms with van der Waals surface area (Å²) in [7, 11) is 0. The molecule has 4 aromatic heterocycles. The lowest BCUT2D eigenvalue weighted by molar-refractivity contribution is 0.660. The first-order chi connectivity index (χ1) is 69.7. The summed E-state index contributed by atoms with van der Waals surface area (Å²) < 4.78 is 10.0. The van der Waals surface area contributed by atoms with Crippen molar-refractivity contribution in [2.24, 2.45) is 0 Å². The molecule has 141 heavy (non-hydrogen) atoms. The van der Waals surface area contributed by atoms with Crippen LogP contribution in [-0.2, 0) is 5.41 Å². The van der Waals surface area contributed by atoms with Gasteiger partial charge in [-0.1, -0.05) is 354 Å². The lowest BCUT2D eigenvalue weighted by atomic mass is 9.81. The van der Waals surface area contributed by atoms with Gasteiger partial charge in [0.2, 0.25) is 0 Å². The summed E-state index contributed by atoms with van der Waals surface area (Å²) in [5, 5.41) is 25.3. The third kappa shape index (κ3) is 13.5. The van der Waals surface area contributed by atoms with E-state index in [1.165, 1.54) is 232 Å². The van der Waals surface area contributed by atoms with Gasteiger partial charge >= 0.3 is 0 Å². The lowest BCUT2D eigenvalue weighted by Gasteiger charge is -2.27. The Hall–Kier alpha value is -17.5. The average molecular weight is 1830 g/mol. The van der Waals surface area contributed by atoms with Crippen molar-refractivity contribution in [1.82, 2.24) is 9.13 Å². The van der Waals surface area contributed by atoms with Crippen LogP contribution in [0.1, 0.15) is 25.0 Å². The van der Waals surface area contributed by atoms with E-state index in [1.807, 2.05) is 22.7 Å². The fraction of sp³-hybridized carbons (Fsp3) is 0.0222. The SMILES string of the molecule is CC1(C)c2ccccc2-c2ccc(-c3ccc4c(c3)c3cc(-c5ccc(N(c6ccc7sc8ccccc8c7c6)c6ccc7c8ccccc8c8ccccc8c7c6)cc5)ccc3n4-c3ccc(-c4ccccc4)cc3)cc21.c1ccc(-c2ccc(-n3c4ccccc4c4cc(-c5ccc(N(c6ccc7c8ccccc8c8ccccc8c7c6)c6cccc7c6sc6ccccc67)cc5)ccc43)cc2)cc1. The minimum absolute atomic E-state index is 0.0817. The zero-order valence-corrected chi connectivity index (χ0v) is 79.1. The summed E-state index contributed by atoms with van der Waals surface area (Å²) in [5.74, 6) is 0. The van der Waals surface area contributed by atoms with Crippen LogP contribution in [0, 0.1) is 0 Å². The monoisotopic (exact) mass is 1830 g/mol. The second-order valence-corrected chi connectivity index (χ2v) is 40.2. The molecule has 28 aromatic rings. The molecule has 4 heterocycles. The Morgan fingerprint density at radius 1 is 0.177 bits per heavy atom. The van der Waals surface area contributed by atoms with Crippen molar-refractivity contribution in [3.05, 3.63) is 509 Å². The Morgan fingerprint density at radius 3 is 1.01 bits per heavy atom. The average Bonchev–Trinajstić information content (AvgIpc) is 1.70. The molecule has 29 rings (SSSR count). The molecule has 0 fully saturated rings. The number of para-hydroxylation sites is 1. The van der Waals surface area contributed by atoms with Crippen LogP contribution >= 0.6 is 22.7 Å². The fourth-order valence-electron chi connectivity index (χ4n) is 23.2. The predicted molar refractivity (Wildman–Crippen MR) is 606 cm³/mol. The van der Waals surface area contributed by atoms with Crippen molar-refractivity contribution in [2.45, 2.75) is 19.3 Å². The minimum Gasteiger partial charge on any atom is -0.310 e. The highest BCUT2D eigenvalue weighted by Gasteiger charge is 2.36. The standard InChI is InChI=1S/C75H50N2S.C60H38N2S/c1-75(2)69-22-12-10-20-62(69)63-37-28-52(44-70(63)75)51-30-40-72-67(43-51)66-42-50(29-39-71(66)77(72)54-33-24-48(25-34-54)47-14-4-3-5-15-47)49-26-31-53(32-27-49)76(56-36-41-74-68(46-56)64-21-11-13-23-73(64)78-74)55-35-38-61-59-18-7-6-16-57(59)58-17-8-9-19-60(58)65(61)45-55;1-2-13-39(14-3-1)40-25-32-44(33-26-40)62-56-22-10-8-19-51(56)55-37-42(29-36-57(55)62)41-27-30-43(31-28-41)61(58-23-12-21-53-52-20-9-11-24-59(52)63-60(53)58)45-34-35-50-48-17-5-4-15-46(48)47-16-6-7-18-49(47)54(50)38-45/h3-46H,1-2H3;1-38H. The van der Waals surface area contributed by atoms with E-state index in [-0.39, 0.29) is 5.41 Å². The van der Waals surface area contributed by atoms with Crippen molar-refractivity contribution < 1.29 is 0 Å².